The van der Waals surface area contributed by atoms with Crippen LogP contribution in [0, 0.1) is 0 Å². The molecular weight excluding hydrogens is 306 g/mol. The maximum absolute atomic E-state index is 11.1. The van der Waals surface area contributed by atoms with Gasteiger partial charge in [-0.05, 0) is 43.4 Å². The summed E-state index contributed by atoms with van der Waals surface area (Å²) in [4.78, 5) is 30.6. The summed E-state index contributed by atoms with van der Waals surface area (Å²) in [5.74, 6) is 0.968. The third-order valence-corrected chi connectivity index (χ3v) is 4.46. The van der Waals surface area contributed by atoms with E-state index in [4.69, 9.17) is 0 Å². The SMILES string of the molecule is O=Cc1cc2c([nH]1)N(c1cc[nH]/c(=N\N(C=O)C3CC3)c1)CCC2. The number of aromatic nitrogens is 2. The van der Waals surface area contributed by atoms with Crippen molar-refractivity contribution >= 4 is 24.2 Å². The van der Waals surface area contributed by atoms with E-state index in [9.17, 15) is 9.59 Å². The Bertz CT molecular complexity index is 834. The van der Waals surface area contributed by atoms with E-state index < -0.39 is 0 Å². The van der Waals surface area contributed by atoms with Gasteiger partial charge in [0.1, 0.15) is 5.82 Å². The molecule has 1 fully saturated rings. The first-order valence-corrected chi connectivity index (χ1v) is 8.20. The van der Waals surface area contributed by atoms with Crippen LogP contribution in [0.3, 0.4) is 0 Å². The molecule has 2 aliphatic rings. The molecule has 1 saturated carbocycles. The lowest BCUT2D eigenvalue weighted by Crippen LogP contribution is -2.27. The number of nitrogens with one attached hydrogen (secondary N) is 2. The molecule has 1 amide bonds. The number of aryl methyl sites for hydroxylation is 1. The largest absolute Gasteiger partial charge is 0.345 e. The van der Waals surface area contributed by atoms with Crippen molar-refractivity contribution in [1.29, 1.82) is 0 Å². The number of hydrogen-bond donors (Lipinski definition) is 2. The monoisotopic (exact) mass is 325 g/mol. The van der Waals surface area contributed by atoms with Gasteiger partial charge in [0.05, 0.1) is 11.7 Å². The fraction of sp³-hybridized carbons (Fsp3) is 0.353. The van der Waals surface area contributed by atoms with Crippen LogP contribution in [0.5, 0.6) is 0 Å². The minimum Gasteiger partial charge on any atom is -0.345 e. The van der Waals surface area contributed by atoms with Crippen molar-refractivity contribution in [2.45, 2.75) is 31.7 Å². The molecule has 24 heavy (non-hydrogen) atoms. The average molecular weight is 325 g/mol. The number of aldehydes is 1. The second-order valence-corrected chi connectivity index (χ2v) is 6.22. The van der Waals surface area contributed by atoms with Crippen molar-refractivity contribution in [1.82, 2.24) is 15.0 Å². The molecule has 0 bridgehead atoms. The standard InChI is InChI=1S/C17H19N5O2/c23-10-13-8-12-2-1-7-21(17(12)19-13)15-5-6-18-16(9-15)20-22(11-24)14-3-4-14/h5-6,8-11,14,19H,1-4,7H2,(H,18,20). The van der Waals surface area contributed by atoms with Crippen LogP contribution in [0.2, 0.25) is 0 Å². The molecule has 2 aromatic heterocycles. The molecule has 3 heterocycles. The molecule has 7 heteroatoms. The quantitative estimate of drug-likeness (QED) is 0.648. The zero-order valence-electron chi connectivity index (χ0n) is 13.2. The molecule has 7 nitrogen and oxygen atoms in total. The Hall–Kier alpha value is -2.83. The number of pyridine rings is 1. The lowest BCUT2D eigenvalue weighted by atomic mass is 10.1. The van der Waals surface area contributed by atoms with Gasteiger partial charge >= 0.3 is 0 Å². The fourth-order valence-electron chi connectivity index (χ4n) is 3.12. The molecule has 124 valence electrons. The Balaban J connectivity index is 1.69. The van der Waals surface area contributed by atoms with E-state index in [0.717, 1.165) is 62.0 Å². The number of carbonyl (C=O) groups is 2. The van der Waals surface area contributed by atoms with Gasteiger partial charge in [-0.3, -0.25) is 9.59 Å². The van der Waals surface area contributed by atoms with Gasteiger partial charge in [0.25, 0.3) is 0 Å². The summed E-state index contributed by atoms with van der Waals surface area (Å²) < 4.78 is 0. The van der Waals surface area contributed by atoms with Crippen LogP contribution >= 0.6 is 0 Å². The van der Waals surface area contributed by atoms with E-state index in [-0.39, 0.29) is 6.04 Å². The van der Waals surface area contributed by atoms with Gasteiger partial charge in [-0.1, -0.05) is 0 Å². The molecule has 0 radical (unpaired) electrons. The molecule has 0 atom stereocenters. The average Bonchev–Trinajstić information content (AvgIpc) is 3.37. The van der Waals surface area contributed by atoms with E-state index in [1.54, 1.807) is 0 Å². The zero-order valence-corrected chi connectivity index (χ0v) is 13.2. The van der Waals surface area contributed by atoms with E-state index in [1.165, 1.54) is 5.01 Å². The molecule has 2 aromatic rings. The maximum Gasteiger partial charge on any atom is 0.230 e. The Morgan fingerprint density at radius 1 is 1.29 bits per heavy atom. The molecule has 2 N–H and O–H groups in total. The number of fused-ring (bicyclic) bond motifs is 1. The number of carbonyl (C=O) groups excluding carboxylic acids is 2. The number of hydrogen-bond acceptors (Lipinski definition) is 4. The first-order valence-electron chi connectivity index (χ1n) is 8.20. The highest BCUT2D eigenvalue weighted by atomic mass is 16.1. The minimum atomic E-state index is 0.236. The molecule has 0 aromatic carbocycles. The summed E-state index contributed by atoms with van der Waals surface area (Å²) >= 11 is 0. The van der Waals surface area contributed by atoms with Crippen LogP contribution in [-0.2, 0) is 11.2 Å². The Morgan fingerprint density at radius 2 is 2.17 bits per heavy atom. The van der Waals surface area contributed by atoms with Gasteiger partial charge in [-0.25, -0.2) is 5.01 Å². The van der Waals surface area contributed by atoms with Gasteiger partial charge in [-0.2, -0.15) is 5.10 Å². The zero-order chi connectivity index (χ0) is 16.5. The molecule has 0 unspecified atom stereocenters. The molecule has 0 spiro atoms. The maximum atomic E-state index is 11.1. The lowest BCUT2D eigenvalue weighted by Gasteiger charge is -2.28. The van der Waals surface area contributed by atoms with Crippen molar-refractivity contribution < 1.29 is 9.59 Å². The van der Waals surface area contributed by atoms with Gasteiger partial charge in [0, 0.05) is 24.5 Å². The summed E-state index contributed by atoms with van der Waals surface area (Å²) in [6.07, 6.45) is 7.44. The Morgan fingerprint density at radius 3 is 2.92 bits per heavy atom. The van der Waals surface area contributed by atoms with Crippen LogP contribution in [0.15, 0.2) is 29.5 Å². The molecule has 4 rings (SSSR count). The molecule has 1 aliphatic heterocycles. The van der Waals surface area contributed by atoms with Crippen LogP contribution in [0.25, 0.3) is 0 Å². The Labute approximate surface area is 139 Å². The Kier molecular flexibility index (Phi) is 3.68. The highest BCUT2D eigenvalue weighted by molar-refractivity contribution is 5.77. The first-order chi connectivity index (χ1) is 11.8. The van der Waals surface area contributed by atoms with Crippen molar-refractivity contribution in [3.8, 4) is 0 Å². The van der Waals surface area contributed by atoms with Crippen LogP contribution < -0.4 is 10.4 Å². The first kappa shape index (κ1) is 14.7. The van der Waals surface area contributed by atoms with Crippen LogP contribution in [-0.4, -0.2) is 40.3 Å². The number of H-pyrrole nitrogens is 2. The van der Waals surface area contributed by atoms with Gasteiger partial charge in [0.15, 0.2) is 11.8 Å². The summed E-state index contributed by atoms with van der Waals surface area (Å²) in [6.45, 7) is 0.870. The summed E-state index contributed by atoms with van der Waals surface area (Å²) in [7, 11) is 0. The van der Waals surface area contributed by atoms with Gasteiger partial charge in [-0.15, -0.1) is 0 Å². The predicted molar refractivity (Wildman–Crippen MR) is 88.8 cm³/mol. The molecular formula is C17H19N5O2. The lowest BCUT2D eigenvalue weighted by molar-refractivity contribution is -0.118. The van der Waals surface area contributed by atoms with Gasteiger partial charge in [0.2, 0.25) is 6.41 Å². The van der Waals surface area contributed by atoms with E-state index in [0.29, 0.717) is 11.2 Å². The number of nitrogens with zero attached hydrogens (tertiary/aromatic N) is 3. The van der Waals surface area contributed by atoms with Crippen LogP contribution in [0.4, 0.5) is 11.5 Å². The van der Waals surface area contributed by atoms with E-state index in [1.807, 2.05) is 24.4 Å². The van der Waals surface area contributed by atoms with Crippen molar-refractivity contribution in [3.05, 3.63) is 41.1 Å². The van der Waals surface area contributed by atoms with Gasteiger partial charge < -0.3 is 14.9 Å². The van der Waals surface area contributed by atoms with Crippen molar-refractivity contribution in [3.63, 3.8) is 0 Å². The third-order valence-electron chi connectivity index (χ3n) is 4.46. The third kappa shape index (κ3) is 2.73. The molecule has 1 aliphatic carbocycles. The van der Waals surface area contributed by atoms with Crippen LogP contribution in [0.1, 0.15) is 35.3 Å². The number of amides is 1. The van der Waals surface area contributed by atoms with Crippen molar-refractivity contribution in [2.24, 2.45) is 5.10 Å². The van der Waals surface area contributed by atoms with E-state index >= 15 is 0 Å². The minimum absolute atomic E-state index is 0.236. The number of anilines is 2. The second kappa shape index (κ2) is 5.99. The summed E-state index contributed by atoms with van der Waals surface area (Å²) in [5, 5.41) is 5.87. The fourth-order valence-corrected chi connectivity index (χ4v) is 3.12. The highest BCUT2D eigenvalue weighted by Gasteiger charge is 2.28. The second-order valence-electron chi connectivity index (χ2n) is 6.22. The number of rotatable bonds is 5. The smallest absolute Gasteiger partial charge is 0.230 e. The highest BCUT2D eigenvalue weighted by Crippen LogP contribution is 2.32. The predicted octanol–water partition coefficient (Wildman–Crippen LogP) is 1.68. The normalized spacial score (nSPS) is 17.5. The summed E-state index contributed by atoms with van der Waals surface area (Å²) in [6, 6.07) is 6.04. The molecule has 0 saturated heterocycles. The summed E-state index contributed by atoms with van der Waals surface area (Å²) in [5.41, 5.74) is 3.37. The van der Waals surface area contributed by atoms with Crippen molar-refractivity contribution in [2.75, 3.05) is 11.4 Å². The number of aromatic amines is 2. The topological polar surface area (TPSA) is 84.6 Å². The van der Waals surface area contributed by atoms with E-state index in [2.05, 4.69) is 20.0 Å².